The summed E-state index contributed by atoms with van der Waals surface area (Å²) in [5.41, 5.74) is 0.938. The van der Waals surface area contributed by atoms with Crippen molar-refractivity contribution in [2.45, 2.75) is 18.0 Å². The third kappa shape index (κ3) is 3.70. The van der Waals surface area contributed by atoms with Crippen LogP contribution in [0.2, 0.25) is 0 Å². The van der Waals surface area contributed by atoms with Gasteiger partial charge in [-0.15, -0.1) is 0 Å². The lowest BCUT2D eigenvalue weighted by molar-refractivity contribution is 0.0665. The van der Waals surface area contributed by atoms with Crippen molar-refractivity contribution in [1.29, 1.82) is 0 Å². The molecule has 8 heteroatoms. The van der Waals surface area contributed by atoms with Gasteiger partial charge in [-0.2, -0.15) is 0 Å². The molecule has 1 aliphatic carbocycles. The van der Waals surface area contributed by atoms with Crippen molar-refractivity contribution >= 4 is 29.1 Å². The zero-order valence-electron chi connectivity index (χ0n) is 24.2. The fourth-order valence-electron chi connectivity index (χ4n) is 7.31. The minimum Gasteiger partial charge on any atom is -0.497 e. The van der Waals surface area contributed by atoms with Gasteiger partial charge in [0.1, 0.15) is 23.0 Å². The number of halogens is 1. The summed E-state index contributed by atoms with van der Waals surface area (Å²) in [6.07, 6.45) is 3.49. The molecule has 4 aromatic rings. The summed E-state index contributed by atoms with van der Waals surface area (Å²) >= 11 is 0. The summed E-state index contributed by atoms with van der Waals surface area (Å²) in [4.78, 5) is 46.3. The number of anilines is 1. The molecule has 0 bridgehead atoms. The van der Waals surface area contributed by atoms with Gasteiger partial charge in [-0.25, -0.2) is 4.39 Å². The first kappa shape index (κ1) is 27.6. The van der Waals surface area contributed by atoms with E-state index >= 15 is 0 Å². The molecule has 7 nitrogen and oxygen atoms in total. The number of Topliss-reactive ketones (excluding diaryl/α,β-unsaturated/α-hetero) is 3. The average Bonchev–Trinajstić information content (AvgIpc) is 3.49. The number of carbonyl (C=O) groups is 3. The molecule has 4 aromatic carbocycles. The van der Waals surface area contributed by atoms with Gasteiger partial charge < -0.3 is 19.1 Å². The number of hydrogen-bond acceptors (Lipinski definition) is 7. The predicted octanol–water partition coefficient (Wildman–Crippen LogP) is 6.17. The lowest BCUT2D eigenvalue weighted by atomic mass is 9.64. The van der Waals surface area contributed by atoms with Crippen LogP contribution in [0.1, 0.15) is 48.1 Å². The highest BCUT2D eigenvalue weighted by Gasteiger charge is 2.71. The Hall–Kier alpha value is -5.24. The number of rotatable bonds is 6. The molecule has 0 aromatic heterocycles. The Kier molecular flexibility index (Phi) is 6.39. The van der Waals surface area contributed by atoms with Gasteiger partial charge in [-0.3, -0.25) is 14.4 Å². The predicted molar refractivity (Wildman–Crippen MR) is 163 cm³/mol. The zero-order chi connectivity index (χ0) is 30.7. The minimum atomic E-state index is -1.70. The smallest absolute Gasteiger partial charge is 0.186 e. The van der Waals surface area contributed by atoms with E-state index in [0.29, 0.717) is 50.8 Å². The van der Waals surface area contributed by atoms with Crippen molar-refractivity contribution in [1.82, 2.24) is 0 Å². The minimum absolute atomic E-state index is 0.312. The van der Waals surface area contributed by atoms with E-state index in [-0.39, 0.29) is 17.3 Å². The van der Waals surface area contributed by atoms with Crippen LogP contribution in [0, 0.1) is 11.2 Å². The second kappa shape index (κ2) is 10.2. The molecule has 220 valence electrons. The monoisotopic (exact) mass is 589 g/mol. The summed E-state index contributed by atoms with van der Waals surface area (Å²) < 4.78 is 31.0. The molecule has 1 fully saturated rings. The molecular weight excluding hydrogens is 561 g/mol. The number of carbonyl (C=O) groups excluding carboxylic acids is 3. The summed E-state index contributed by atoms with van der Waals surface area (Å²) in [6.45, 7) is 0. The maximum atomic E-state index is 14.9. The van der Waals surface area contributed by atoms with Gasteiger partial charge in [0.15, 0.2) is 28.8 Å². The van der Waals surface area contributed by atoms with E-state index in [4.69, 9.17) is 14.2 Å². The number of nitrogens with zero attached hydrogens (tertiary/aromatic N) is 1. The van der Waals surface area contributed by atoms with Gasteiger partial charge in [0, 0.05) is 33.9 Å². The van der Waals surface area contributed by atoms with Crippen molar-refractivity contribution in [2.75, 3.05) is 26.2 Å². The third-order valence-corrected chi connectivity index (χ3v) is 9.16. The third-order valence-electron chi connectivity index (χ3n) is 9.16. The molecular formula is C36H28FNO6. The van der Waals surface area contributed by atoms with Crippen molar-refractivity contribution in [3.05, 3.63) is 125 Å². The number of hydrogen-bond donors (Lipinski definition) is 0. The van der Waals surface area contributed by atoms with E-state index in [1.165, 1.54) is 33.5 Å². The summed E-state index contributed by atoms with van der Waals surface area (Å²) in [5.74, 6) is -1.08. The van der Waals surface area contributed by atoms with E-state index in [0.717, 1.165) is 0 Å². The van der Waals surface area contributed by atoms with Gasteiger partial charge in [0.25, 0.3) is 0 Å². The van der Waals surface area contributed by atoms with E-state index < -0.39 is 29.2 Å². The Morgan fingerprint density at radius 2 is 1.52 bits per heavy atom. The average molecular weight is 590 g/mol. The van der Waals surface area contributed by atoms with Crippen molar-refractivity contribution in [2.24, 2.45) is 5.41 Å². The second-order valence-corrected chi connectivity index (χ2v) is 11.1. The maximum absolute atomic E-state index is 14.9. The van der Waals surface area contributed by atoms with Crippen molar-refractivity contribution in [3.63, 3.8) is 0 Å². The maximum Gasteiger partial charge on any atom is 0.186 e. The van der Waals surface area contributed by atoms with Gasteiger partial charge in [0.2, 0.25) is 0 Å². The first-order valence-corrected chi connectivity index (χ1v) is 14.2. The van der Waals surface area contributed by atoms with Gasteiger partial charge in [-0.1, -0.05) is 54.6 Å². The highest BCUT2D eigenvalue weighted by molar-refractivity contribution is 6.32. The first-order chi connectivity index (χ1) is 21.3. The summed E-state index contributed by atoms with van der Waals surface area (Å²) in [7, 11) is 4.54. The van der Waals surface area contributed by atoms with E-state index in [1.807, 2.05) is 4.90 Å². The lowest BCUT2D eigenvalue weighted by Crippen LogP contribution is -2.48. The quantitative estimate of drug-likeness (QED) is 0.197. The SMILES string of the molecule is COc1cccc(C(=O)[C@H]2[C@H](c3ccc(OC)c(OC)c3)C3(C(=O)c4ccccc4C3=O)[C@@H]3C=Cc4cc(F)ccc4N32)c1. The molecule has 1 saturated heterocycles. The topological polar surface area (TPSA) is 82.1 Å². The zero-order valence-corrected chi connectivity index (χ0v) is 24.2. The van der Waals surface area contributed by atoms with Crippen LogP contribution in [0.4, 0.5) is 10.1 Å². The fourth-order valence-corrected chi connectivity index (χ4v) is 7.31. The van der Waals surface area contributed by atoms with Crippen LogP contribution in [-0.2, 0) is 0 Å². The van der Waals surface area contributed by atoms with Crippen LogP contribution < -0.4 is 19.1 Å². The van der Waals surface area contributed by atoms with Crippen LogP contribution in [0.3, 0.4) is 0 Å². The normalized spacial score (nSPS) is 20.7. The Bertz CT molecular complexity index is 1860. The Morgan fingerprint density at radius 1 is 0.795 bits per heavy atom. The molecule has 3 atom stereocenters. The molecule has 0 N–H and O–H groups in total. The molecule has 7 rings (SSSR count). The molecule has 0 saturated carbocycles. The molecule has 2 heterocycles. The second-order valence-electron chi connectivity index (χ2n) is 11.1. The van der Waals surface area contributed by atoms with Gasteiger partial charge in [0.05, 0.1) is 27.4 Å². The number of benzene rings is 4. The lowest BCUT2D eigenvalue weighted by Gasteiger charge is -2.37. The summed E-state index contributed by atoms with van der Waals surface area (Å²) in [5, 5.41) is 0. The van der Waals surface area contributed by atoms with Gasteiger partial charge in [-0.05, 0) is 48.0 Å². The van der Waals surface area contributed by atoms with Crippen LogP contribution in [0.5, 0.6) is 17.2 Å². The van der Waals surface area contributed by atoms with Crippen LogP contribution in [0.25, 0.3) is 6.08 Å². The molecule has 0 unspecified atom stereocenters. The number of ether oxygens (including phenoxy) is 3. The van der Waals surface area contributed by atoms with E-state index in [2.05, 4.69) is 0 Å². The van der Waals surface area contributed by atoms with Crippen LogP contribution in [-0.4, -0.2) is 50.8 Å². The Labute approximate surface area is 253 Å². The first-order valence-electron chi connectivity index (χ1n) is 14.2. The Morgan fingerprint density at radius 3 is 2.20 bits per heavy atom. The van der Waals surface area contributed by atoms with Crippen LogP contribution >= 0.6 is 0 Å². The van der Waals surface area contributed by atoms with E-state index in [1.54, 1.807) is 84.9 Å². The van der Waals surface area contributed by atoms with Crippen molar-refractivity contribution < 1.29 is 33.0 Å². The molecule has 0 amide bonds. The molecule has 2 aliphatic heterocycles. The van der Waals surface area contributed by atoms with Crippen LogP contribution in [0.15, 0.2) is 91.0 Å². The summed E-state index contributed by atoms with van der Waals surface area (Å²) in [6, 6.07) is 21.2. The molecule has 1 spiro atoms. The number of fused-ring (bicyclic) bond motifs is 5. The highest BCUT2D eigenvalue weighted by Crippen LogP contribution is 2.61. The van der Waals surface area contributed by atoms with Gasteiger partial charge >= 0.3 is 0 Å². The van der Waals surface area contributed by atoms with E-state index in [9.17, 15) is 18.8 Å². The highest BCUT2D eigenvalue weighted by atomic mass is 19.1. The fraction of sp³-hybridized carbons (Fsp3) is 0.194. The largest absolute Gasteiger partial charge is 0.497 e. The molecule has 44 heavy (non-hydrogen) atoms. The number of methoxy groups -OCH3 is 3. The standard InChI is InChI=1S/C36H28FNO6/c1-42-24-8-6-7-22(18-24)33(39)32-31(21-11-15-28(43-2)29(19-21)44-3)36(34(40)25-9-4-5-10-26(25)35(36)41)30-16-12-20-17-23(37)13-14-27(20)38(30)32/h4-19,30-32H,1-3H3/t30-,31-,32+/m0/s1. The molecule has 3 aliphatic rings. The van der Waals surface area contributed by atoms with Crippen molar-refractivity contribution in [3.8, 4) is 17.2 Å². The molecule has 0 radical (unpaired) electrons. The Balaban J connectivity index is 1.55. The number of ketones is 3.